The standard InChI is InChI=1S/C12H23NO/c1-8-7-12(9(8)2)13-10-3-5-11(14)6-4-10/h8-14H,3-7H2,1-2H3. The Morgan fingerprint density at radius 3 is 2.21 bits per heavy atom. The summed E-state index contributed by atoms with van der Waals surface area (Å²) in [5.74, 6) is 1.75. The Labute approximate surface area is 87.1 Å². The Morgan fingerprint density at radius 1 is 1.07 bits per heavy atom. The Morgan fingerprint density at radius 2 is 1.71 bits per heavy atom. The van der Waals surface area contributed by atoms with Crippen LogP contribution in [0.1, 0.15) is 46.0 Å². The van der Waals surface area contributed by atoms with Crippen molar-refractivity contribution < 1.29 is 5.11 Å². The molecule has 3 unspecified atom stereocenters. The molecule has 0 aromatic carbocycles. The van der Waals surface area contributed by atoms with Crippen molar-refractivity contribution in [2.24, 2.45) is 11.8 Å². The summed E-state index contributed by atoms with van der Waals surface area (Å²) in [4.78, 5) is 0. The molecule has 0 radical (unpaired) electrons. The molecule has 2 rings (SSSR count). The molecule has 0 saturated heterocycles. The predicted octanol–water partition coefficient (Wildman–Crippen LogP) is 1.92. The van der Waals surface area contributed by atoms with Gasteiger partial charge in [-0.2, -0.15) is 0 Å². The van der Waals surface area contributed by atoms with Gasteiger partial charge in [0.2, 0.25) is 0 Å². The summed E-state index contributed by atoms with van der Waals surface area (Å²) in [5.41, 5.74) is 0. The molecule has 2 nitrogen and oxygen atoms in total. The first kappa shape index (κ1) is 10.4. The van der Waals surface area contributed by atoms with Gasteiger partial charge in [0, 0.05) is 12.1 Å². The van der Waals surface area contributed by atoms with Crippen LogP contribution in [-0.2, 0) is 0 Å². The van der Waals surface area contributed by atoms with Gasteiger partial charge in [0.25, 0.3) is 0 Å². The summed E-state index contributed by atoms with van der Waals surface area (Å²) >= 11 is 0. The van der Waals surface area contributed by atoms with Gasteiger partial charge in [0.05, 0.1) is 6.10 Å². The van der Waals surface area contributed by atoms with Crippen LogP contribution in [0.4, 0.5) is 0 Å². The maximum Gasteiger partial charge on any atom is 0.0541 e. The van der Waals surface area contributed by atoms with Gasteiger partial charge in [-0.05, 0) is 43.9 Å². The van der Waals surface area contributed by atoms with Gasteiger partial charge >= 0.3 is 0 Å². The van der Waals surface area contributed by atoms with Crippen LogP contribution in [0.3, 0.4) is 0 Å². The molecule has 3 atom stereocenters. The number of hydrogen-bond donors (Lipinski definition) is 2. The molecule has 2 aliphatic rings. The molecular formula is C12H23NO. The van der Waals surface area contributed by atoms with E-state index in [1.54, 1.807) is 0 Å². The number of nitrogens with one attached hydrogen (secondary N) is 1. The Bertz CT molecular complexity index is 187. The van der Waals surface area contributed by atoms with E-state index in [0.29, 0.717) is 6.04 Å². The van der Waals surface area contributed by atoms with Crippen molar-refractivity contribution in [3.05, 3.63) is 0 Å². The van der Waals surface area contributed by atoms with Crippen molar-refractivity contribution in [3.8, 4) is 0 Å². The normalized spacial score (nSPS) is 48.6. The lowest BCUT2D eigenvalue weighted by Gasteiger charge is -2.44. The summed E-state index contributed by atoms with van der Waals surface area (Å²) in [7, 11) is 0. The van der Waals surface area contributed by atoms with Crippen molar-refractivity contribution in [1.82, 2.24) is 5.32 Å². The second kappa shape index (κ2) is 4.19. The van der Waals surface area contributed by atoms with Gasteiger partial charge in [-0.25, -0.2) is 0 Å². The smallest absolute Gasteiger partial charge is 0.0541 e. The molecule has 14 heavy (non-hydrogen) atoms. The SMILES string of the molecule is CC1CC(NC2CCC(O)CC2)C1C. The molecule has 2 N–H and O–H groups in total. The first-order valence-electron chi connectivity index (χ1n) is 6.11. The fourth-order valence-electron chi connectivity index (χ4n) is 2.80. The summed E-state index contributed by atoms with van der Waals surface area (Å²) in [5, 5.41) is 13.1. The first-order valence-corrected chi connectivity index (χ1v) is 6.11. The molecule has 2 fully saturated rings. The van der Waals surface area contributed by atoms with E-state index >= 15 is 0 Å². The van der Waals surface area contributed by atoms with E-state index in [-0.39, 0.29) is 6.10 Å². The van der Waals surface area contributed by atoms with Crippen LogP contribution in [0.5, 0.6) is 0 Å². The Kier molecular flexibility index (Phi) is 3.13. The van der Waals surface area contributed by atoms with Crippen LogP contribution in [0.2, 0.25) is 0 Å². The number of hydrogen-bond acceptors (Lipinski definition) is 2. The van der Waals surface area contributed by atoms with E-state index in [1.807, 2.05) is 0 Å². The zero-order valence-electron chi connectivity index (χ0n) is 9.37. The Balaban J connectivity index is 1.71. The zero-order chi connectivity index (χ0) is 10.1. The van der Waals surface area contributed by atoms with Crippen LogP contribution in [-0.4, -0.2) is 23.3 Å². The monoisotopic (exact) mass is 197 g/mol. The third-order valence-electron chi connectivity index (χ3n) is 4.30. The van der Waals surface area contributed by atoms with Gasteiger partial charge < -0.3 is 10.4 Å². The van der Waals surface area contributed by atoms with Crippen LogP contribution in [0.15, 0.2) is 0 Å². The number of aliphatic hydroxyl groups excluding tert-OH is 1. The van der Waals surface area contributed by atoms with E-state index in [2.05, 4.69) is 19.2 Å². The molecule has 0 amide bonds. The highest BCUT2D eigenvalue weighted by atomic mass is 16.3. The number of rotatable bonds is 2. The molecule has 0 spiro atoms. The fourth-order valence-corrected chi connectivity index (χ4v) is 2.80. The van der Waals surface area contributed by atoms with Crippen LogP contribution >= 0.6 is 0 Å². The maximum atomic E-state index is 9.40. The summed E-state index contributed by atoms with van der Waals surface area (Å²) in [6.07, 6.45) is 5.64. The largest absolute Gasteiger partial charge is 0.393 e. The lowest BCUT2D eigenvalue weighted by Crippen LogP contribution is -2.52. The van der Waals surface area contributed by atoms with E-state index in [9.17, 15) is 5.11 Å². The molecule has 2 heteroatoms. The molecule has 0 heterocycles. The minimum Gasteiger partial charge on any atom is -0.393 e. The van der Waals surface area contributed by atoms with E-state index in [0.717, 1.165) is 30.7 Å². The van der Waals surface area contributed by atoms with Gasteiger partial charge in [0.15, 0.2) is 0 Å². The molecule has 2 aliphatic carbocycles. The summed E-state index contributed by atoms with van der Waals surface area (Å²) in [6.45, 7) is 4.69. The molecule has 0 aromatic rings. The molecular weight excluding hydrogens is 174 g/mol. The lowest BCUT2D eigenvalue weighted by molar-refractivity contribution is 0.0848. The second-order valence-corrected chi connectivity index (χ2v) is 5.35. The van der Waals surface area contributed by atoms with Crippen molar-refractivity contribution in [3.63, 3.8) is 0 Å². The highest BCUT2D eigenvalue weighted by Crippen LogP contribution is 2.34. The van der Waals surface area contributed by atoms with Gasteiger partial charge in [0.1, 0.15) is 0 Å². The minimum absolute atomic E-state index is 0.0224. The molecule has 82 valence electrons. The molecule has 0 aromatic heterocycles. The van der Waals surface area contributed by atoms with Crippen molar-refractivity contribution >= 4 is 0 Å². The quantitative estimate of drug-likeness (QED) is 0.709. The number of aliphatic hydroxyl groups is 1. The fraction of sp³-hybridized carbons (Fsp3) is 1.00. The van der Waals surface area contributed by atoms with Gasteiger partial charge in [-0.3, -0.25) is 0 Å². The third kappa shape index (κ3) is 2.12. The average molecular weight is 197 g/mol. The summed E-state index contributed by atoms with van der Waals surface area (Å²) in [6, 6.07) is 1.43. The minimum atomic E-state index is -0.0224. The van der Waals surface area contributed by atoms with E-state index in [4.69, 9.17) is 0 Å². The van der Waals surface area contributed by atoms with Crippen LogP contribution < -0.4 is 5.32 Å². The second-order valence-electron chi connectivity index (χ2n) is 5.35. The predicted molar refractivity (Wildman–Crippen MR) is 58.1 cm³/mol. The lowest BCUT2D eigenvalue weighted by atomic mass is 9.71. The highest BCUT2D eigenvalue weighted by Gasteiger charge is 2.35. The zero-order valence-corrected chi connectivity index (χ0v) is 9.37. The summed E-state index contributed by atoms with van der Waals surface area (Å²) < 4.78 is 0. The first-order chi connectivity index (χ1) is 6.66. The maximum absolute atomic E-state index is 9.40. The van der Waals surface area contributed by atoms with Gasteiger partial charge in [-0.15, -0.1) is 0 Å². The van der Waals surface area contributed by atoms with Crippen molar-refractivity contribution in [1.29, 1.82) is 0 Å². The van der Waals surface area contributed by atoms with E-state index < -0.39 is 0 Å². The van der Waals surface area contributed by atoms with Crippen LogP contribution in [0.25, 0.3) is 0 Å². The van der Waals surface area contributed by atoms with Crippen molar-refractivity contribution in [2.45, 2.75) is 64.1 Å². The highest BCUT2D eigenvalue weighted by molar-refractivity contribution is 4.92. The average Bonchev–Trinajstić information content (AvgIpc) is 2.20. The molecule has 2 saturated carbocycles. The topological polar surface area (TPSA) is 32.3 Å². The van der Waals surface area contributed by atoms with E-state index in [1.165, 1.54) is 19.3 Å². The third-order valence-corrected chi connectivity index (χ3v) is 4.30. The Hall–Kier alpha value is -0.0800. The molecule has 0 aliphatic heterocycles. The van der Waals surface area contributed by atoms with Crippen molar-refractivity contribution in [2.75, 3.05) is 0 Å². The molecule has 0 bridgehead atoms. The van der Waals surface area contributed by atoms with Crippen LogP contribution in [0, 0.1) is 11.8 Å². The van der Waals surface area contributed by atoms with Gasteiger partial charge in [-0.1, -0.05) is 13.8 Å².